The van der Waals surface area contributed by atoms with Crippen molar-refractivity contribution in [2.45, 2.75) is 0 Å². The highest BCUT2D eigenvalue weighted by Crippen LogP contribution is 2.29. The summed E-state index contributed by atoms with van der Waals surface area (Å²) >= 11 is 6.06. The Bertz CT molecular complexity index is 1450. The van der Waals surface area contributed by atoms with Gasteiger partial charge in [-0.2, -0.15) is 0 Å². The van der Waals surface area contributed by atoms with Crippen LogP contribution in [0.2, 0.25) is 0 Å². The second-order valence-corrected chi connectivity index (χ2v) is 6.87. The number of furan rings is 1. The molecule has 0 unspecified atom stereocenters. The highest BCUT2D eigenvalue weighted by atomic mass is 35.5. The Morgan fingerprint density at radius 1 is 1.21 bits per heavy atom. The molecular formula is C22H16ClN3O3. The van der Waals surface area contributed by atoms with Crippen LogP contribution in [0.4, 0.5) is 0 Å². The van der Waals surface area contributed by atoms with E-state index >= 15 is 0 Å². The molecule has 4 rings (SSSR count). The Morgan fingerprint density at radius 3 is 2.69 bits per heavy atom. The second kappa shape index (κ2) is 7.07. The van der Waals surface area contributed by atoms with Crippen LogP contribution in [0.3, 0.4) is 0 Å². The fourth-order valence-corrected chi connectivity index (χ4v) is 3.43. The highest BCUT2D eigenvalue weighted by Gasteiger charge is 2.20. The van der Waals surface area contributed by atoms with E-state index in [4.69, 9.17) is 16.0 Å². The third-order valence-electron chi connectivity index (χ3n) is 4.66. The summed E-state index contributed by atoms with van der Waals surface area (Å²) in [5.74, 6) is 0.320. The van der Waals surface area contributed by atoms with E-state index in [1.807, 2.05) is 24.3 Å². The van der Waals surface area contributed by atoms with E-state index in [9.17, 15) is 9.59 Å². The summed E-state index contributed by atoms with van der Waals surface area (Å²) in [7, 11) is 1.54. The molecule has 0 aliphatic carbocycles. The van der Waals surface area contributed by atoms with Crippen LogP contribution < -0.4 is 11.2 Å². The van der Waals surface area contributed by atoms with Gasteiger partial charge in [-0.25, -0.2) is 9.36 Å². The van der Waals surface area contributed by atoms with Gasteiger partial charge in [0.05, 0.1) is 11.9 Å². The molecule has 0 fully saturated rings. The summed E-state index contributed by atoms with van der Waals surface area (Å²) in [4.78, 5) is 30.5. The third kappa shape index (κ3) is 2.94. The van der Waals surface area contributed by atoms with E-state index in [-0.39, 0.29) is 16.1 Å². The van der Waals surface area contributed by atoms with Crippen molar-refractivity contribution < 1.29 is 4.42 Å². The van der Waals surface area contributed by atoms with Crippen LogP contribution in [0.1, 0.15) is 5.76 Å². The molecule has 7 heteroatoms. The number of pyridine rings is 1. The molecule has 3 aromatic heterocycles. The molecule has 0 saturated heterocycles. The molecule has 6 nitrogen and oxygen atoms in total. The monoisotopic (exact) mass is 405 g/mol. The minimum Gasteiger partial charge on any atom is -0.439 e. The highest BCUT2D eigenvalue weighted by molar-refractivity contribution is 6.36. The fourth-order valence-electron chi connectivity index (χ4n) is 3.28. The Balaban J connectivity index is 2.09. The lowest BCUT2D eigenvalue weighted by molar-refractivity contribution is 0.558. The van der Waals surface area contributed by atoms with E-state index in [0.717, 1.165) is 15.3 Å². The Labute approximate surface area is 170 Å². The van der Waals surface area contributed by atoms with E-state index in [0.29, 0.717) is 17.0 Å². The number of aromatic nitrogens is 3. The van der Waals surface area contributed by atoms with Gasteiger partial charge < -0.3 is 4.42 Å². The van der Waals surface area contributed by atoms with Crippen LogP contribution in [0.25, 0.3) is 33.1 Å². The van der Waals surface area contributed by atoms with E-state index < -0.39 is 11.2 Å². The van der Waals surface area contributed by atoms with Crippen LogP contribution in [0.5, 0.6) is 0 Å². The van der Waals surface area contributed by atoms with Gasteiger partial charge in [-0.05, 0) is 6.07 Å². The van der Waals surface area contributed by atoms with Crippen molar-refractivity contribution in [3.63, 3.8) is 0 Å². The smallest absolute Gasteiger partial charge is 0.338 e. The maximum atomic E-state index is 13.3. The van der Waals surface area contributed by atoms with Crippen molar-refractivity contribution in [1.29, 1.82) is 0 Å². The van der Waals surface area contributed by atoms with Crippen molar-refractivity contribution in [3.05, 3.63) is 99.7 Å². The van der Waals surface area contributed by atoms with Crippen molar-refractivity contribution in [2.24, 2.45) is 7.05 Å². The van der Waals surface area contributed by atoms with E-state index in [2.05, 4.69) is 18.1 Å². The number of halogens is 1. The number of hydrogen-bond acceptors (Lipinski definition) is 4. The predicted molar refractivity (Wildman–Crippen MR) is 116 cm³/mol. The Kier molecular flexibility index (Phi) is 4.56. The van der Waals surface area contributed by atoms with Gasteiger partial charge in [0.15, 0.2) is 0 Å². The molecule has 0 atom stereocenters. The number of nitrogens with zero attached hydrogens (tertiary/aromatic N) is 3. The first-order valence-corrected chi connectivity index (χ1v) is 9.08. The number of hydrogen-bond donors (Lipinski definition) is 0. The molecule has 0 N–H and O–H groups in total. The van der Waals surface area contributed by atoms with Gasteiger partial charge in [-0.3, -0.25) is 14.3 Å². The lowest BCUT2D eigenvalue weighted by Crippen LogP contribution is -2.37. The molecule has 4 aromatic rings. The zero-order valence-electron chi connectivity index (χ0n) is 15.6. The second-order valence-electron chi connectivity index (χ2n) is 6.41. The molecule has 0 bridgehead atoms. The molecule has 0 saturated carbocycles. The van der Waals surface area contributed by atoms with Gasteiger partial charge in [0, 0.05) is 34.6 Å². The number of rotatable bonds is 4. The standard InChI is InChI=1S/C22H16ClN3O3/c1-4-7-15(13(2)23)19-10-17-20(27)26(22(28)25(3)21(17)29-19)18-12-24-11-14-8-5-6-9-16(14)18/h4-12H,1-2H2,3H3/b15-7+. The zero-order valence-corrected chi connectivity index (χ0v) is 16.3. The predicted octanol–water partition coefficient (Wildman–Crippen LogP) is 4.15. The van der Waals surface area contributed by atoms with Crippen LogP contribution in [0.15, 0.2) is 87.1 Å². The number of allylic oxidation sites excluding steroid dienone is 4. The fraction of sp³-hybridized carbons (Fsp3) is 0.0455. The van der Waals surface area contributed by atoms with Gasteiger partial charge in [-0.15, -0.1) is 0 Å². The van der Waals surface area contributed by atoms with E-state index in [1.54, 1.807) is 25.4 Å². The molecule has 0 spiro atoms. The molecule has 144 valence electrons. The molecule has 0 aliphatic heterocycles. The summed E-state index contributed by atoms with van der Waals surface area (Å²) in [6.45, 7) is 7.36. The molecule has 3 heterocycles. The molecular weight excluding hydrogens is 390 g/mol. The number of aryl methyl sites for hydroxylation is 1. The first kappa shape index (κ1) is 18.7. The van der Waals surface area contributed by atoms with Gasteiger partial charge in [0.2, 0.25) is 5.71 Å². The lowest BCUT2D eigenvalue weighted by atomic mass is 10.1. The maximum absolute atomic E-state index is 13.3. The van der Waals surface area contributed by atoms with Gasteiger partial charge in [0.25, 0.3) is 5.56 Å². The molecule has 0 aliphatic rings. The lowest BCUT2D eigenvalue weighted by Gasteiger charge is -2.10. The average molecular weight is 406 g/mol. The first-order valence-electron chi connectivity index (χ1n) is 8.70. The van der Waals surface area contributed by atoms with Gasteiger partial charge in [0.1, 0.15) is 11.1 Å². The van der Waals surface area contributed by atoms with Crippen molar-refractivity contribution in [3.8, 4) is 5.69 Å². The SMILES string of the molecule is C=C/C=C(\C(=C)Cl)c1cc2c(=O)n(-c3cncc4ccccc34)c(=O)n(C)c2o1. The Hall–Kier alpha value is -3.64. The number of fused-ring (bicyclic) bond motifs is 2. The third-order valence-corrected chi connectivity index (χ3v) is 4.86. The van der Waals surface area contributed by atoms with Crippen molar-refractivity contribution in [1.82, 2.24) is 14.1 Å². The number of benzene rings is 1. The summed E-state index contributed by atoms with van der Waals surface area (Å²) in [6.07, 6.45) is 6.34. The summed E-state index contributed by atoms with van der Waals surface area (Å²) in [6, 6.07) is 8.97. The van der Waals surface area contributed by atoms with Gasteiger partial charge >= 0.3 is 5.69 Å². The quantitative estimate of drug-likeness (QED) is 0.478. The van der Waals surface area contributed by atoms with Crippen LogP contribution in [0, 0.1) is 0 Å². The average Bonchev–Trinajstić information content (AvgIpc) is 3.16. The Morgan fingerprint density at radius 2 is 1.97 bits per heavy atom. The molecule has 29 heavy (non-hydrogen) atoms. The molecule has 1 aromatic carbocycles. The van der Waals surface area contributed by atoms with Gasteiger partial charge in [-0.1, -0.05) is 61.2 Å². The van der Waals surface area contributed by atoms with Crippen molar-refractivity contribution in [2.75, 3.05) is 0 Å². The first-order chi connectivity index (χ1) is 13.9. The summed E-state index contributed by atoms with van der Waals surface area (Å²) in [5.41, 5.74) is -0.0210. The zero-order chi connectivity index (χ0) is 20.7. The minimum absolute atomic E-state index is 0.146. The molecule has 0 radical (unpaired) electrons. The largest absolute Gasteiger partial charge is 0.439 e. The topological polar surface area (TPSA) is 70.0 Å². The maximum Gasteiger partial charge on any atom is 0.338 e. The summed E-state index contributed by atoms with van der Waals surface area (Å²) in [5, 5.41) is 2.03. The van der Waals surface area contributed by atoms with Crippen LogP contribution >= 0.6 is 11.6 Å². The van der Waals surface area contributed by atoms with Crippen molar-refractivity contribution >= 4 is 39.0 Å². The van der Waals surface area contributed by atoms with Crippen LogP contribution in [-0.2, 0) is 7.05 Å². The van der Waals surface area contributed by atoms with Crippen LogP contribution in [-0.4, -0.2) is 14.1 Å². The normalized spacial score (nSPS) is 11.9. The molecule has 0 amide bonds. The summed E-state index contributed by atoms with van der Waals surface area (Å²) < 4.78 is 8.17. The van der Waals surface area contributed by atoms with E-state index in [1.165, 1.54) is 16.8 Å². The minimum atomic E-state index is -0.541.